The van der Waals surface area contributed by atoms with E-state index >= 15 is 0 Å². The van der Waals surface area contributed by atoms with Gasteiger partial charge in [0.05, 0.1) is 13.1 Å². The summed E-state index contributed by atoms with van der Waals surface area (Å²) in [6, 6.07) is 34.0. The van der Waals surface area contributed by atoms with Crippen molar-refractivity contribution in [3.63, 3.8) is 0 Å². The van der Waals surface area contributed by atoms with Crippen molar-refractivity contribution < 1.29 is 28.9 Å². The second kappa shape index (κ2) is 19.4. The molecule has 14 nitrogen and oxygen atoms in total. The van der Waals surface area contributed by atoms with Gasteiger partial charge in [-0.3, -0.25) is 9.59 Å². The Bertz CT molecular complexity index is 2510. The minimum absolute atomic E-state index is 0.0632. The van der Waals surface area contributed by atoms with E-state index in [9.17, 15) is 19.2 Å². The molecule has 0 bridgehead atoms. The fourth-order valence-electron chi connectivity index (χ4n) is 11.0. The van der Waals surface area contributed by atoms with E-state index in [0.717, 1.165) is 89.2 Å². The minimum atomic E-state index is -1.45. The van der Waals surface area contributed by atoms with Crippen LogP contribution in [-0.2, 0) is 28.9 Å². The normalized spacial score (nSPS) is 19.2. The van der Waals surface area contributed by atoms with Gasteiger partial charge >= 0.3 is 11.9 Å². The third-order valence-corrected chi connectivity index (χ3v) is 14.5. The van der Waals surface area contributed by atoms with E-state index < -0.39 is 23.8 Å². The molecule has 66 heavy (non-hydrogen) atoms. The molecular formula is C52H58N8O6. The summed E-state index contributed by atoms with van der Waals surface area (Å²) in [6.07, 6.45) is 10.4. The van der Waals surface area contributed by atoms with Crippen molar-refractivity contribution >= 4 is 56.9 Å². The Morgan fingerprint density at radius 2 is 0.970 bits per heavy atom. The molecular weight excluding hydrogens is 833 g/mol. The van der Waals surface area contributed by atoms with Gasteiger partial charge in [0.1, 0.15) is 0 Å². The smallest absolute Gasteiger partial charge is 0.361 e. The van der Waals surface area contributed by atoms with Crippen molar-refractivity contribution in [1.82, 2.24) is 30.7 Å². The van der Waals surface area contributed by atoms with Crippen LogP contribution in [0.2, 0.25) is 0 Å². The van der Waals surface area contributed by atoms with E-state index in [1.54, 1.807) is 0 Å². The van der Waals surface area contributed by atoms with Crippen molar-refractivity contribution in [2.45, 2.75) is 62.2 Å². The molecule has 342 valence electrons. The number of rotatable bonds is 12. The van der Waals surface area contributed by atoms with Crippen LogP contribution in [0.1, 0.15) is 84.5 Å². The number of fused-ring (bicyclic) bond motifs is 4. The lowest BCUT2D eigenvalue weighted by Crippen LogP contribution is -2.42. The number of hydroxylamine groups is 2. The van der Waals surface area contributed by atoms with E-state index in [1.807, 2.05) is 58.6 Å². The number of carbonyl (C=O) groups excluding carboxylic acids is 4. The Morgan fingerprint density at radius 3 is 1.41 bits per heavy atom. The highest BCUT2D eigenvalue weighted by molar-refractivity contribution is 6.29. The minimum Gasteiger partial charge on any atom is -0.361 e. The maximum atomic E-state index is 13.0. The topological polar surface area (TPSA) is 155 Å². The van der Waals surface area contributed by atoms with E-state index in [2.05, 4.69) is 91.4 Å². The average Bonchev–Trinajstić information content (AvgIpc) is 4.17. The van der Waals surface area contributed by atoms with Crippen LogP contribution in [0.5, 0.6) is 0 Å². The molecule has 4 aromatic carbocycles. The number of para-hydroxylation sites is 2. The molecule has 2 amide bonds. The molecule has 14 heteroatoms. The van der Waals surface area contributed by atoms with Crippen LogP contribution < -0.4 is 20.8 Å². The molecule has 2 saturated heterocycles. The van der Waals surface area contributed by atoms with Crippen LogP contribution in [-0.4, -0.2) is 109 Å². The molecule has 2 aromatic heterocycles. The largest absolute Gasteiger partial charge is 0.443 e. The third-order valence-electron chi connectivity index (χ3n) is 14.5. The van der Waals surface area contributed by atoms with Gasteiger partial charge in [0.2, 0.25) is 0 Å². The summed E-state index contributed by atoms with van der Waals surface area (Å²) in [5.41, 5.74) is 13.7. The molecule has 10 rings (SSSR count). The van der Waals surface area contributed by atoms with Gasteiger partial charge in [-0.15, -0.1) is 0 Å². The first-order valence-electron chi connectivity index (χ1n) is 23.6. The fourth-order valence-corrected chi connectivity index (χ4v) is 11.0. The number of hydrogen-bond acceptors (Lipinski definition) is 10. The highest BCUT2D eigenvalue weighted by Crippen LogP contribution is 2.40. The highest BCUT2D eigenvalue weighted by Gasteiger charge is 2.33. The Hall–Kier alpha value is -6.64. The first kappa shape index (κ1) is 43.3. The number of hydrogen-bond donors (Lipinski definition) is 4. The number of amides is 2. The molecule has 0 saturated carbocycles. The Labute approximate surface area is 384 Å². The van der Waals surface area contributed by atoms with Crippen LogP contribution in [0, 0.1) is 0 Å². The first-order valence-corrected chi connectivity index (χ1v) is 23.6. The SMILES string of the molecule is O=C(CN1C[C@@H](CCN2CCC(c3ccc4[nH]ccc4c3)CC2)c2ccccc21)NOC(=O)C(=O)ONC(=O)CN1C[C@@H](CCN2CCC(c3ccc4[nH]ccc4c3)CC2)c2ccccc21. The van der Waals surface area contributed by atoms with Gasteiger partial charge in [-0.1, -0.05) is 48.5 Å². The van der Waals surface area contributed by atoms with Gasteiger partial charge in [0.25, 0.3) is 11.8 Å². The zero-order valence-corrected chi connectivity index (χ0v) is 37.3. The van der Waals surface area contributed by atoms with Crippen molar-refractivity contribution in [1.29, 1.82) is 0 Å². The first-order chi connectivity index (χ1) is 32.3. The molecule has 0 unspecified atom stereocenters. The van der Waals surface area contributed by atoms with Gasteiger partial charge in [-0.05, 0) is 171 Å². The quantitative estimate of drug-likeness (QED) is 0.0759. The number of anilines is 2. The molecule has 4 aliphatic heterocycles. The summed E-state index contributed by atoms with van der Waals surface area (Å²) in [4.78, 5) is 76.2. The van der Waals surface area contributed by atoms with Crippen molar-refractivity contribution in [2.24, 2.45) is 0 Å². The van der Waals surface area contributed by atoms with Crippen LogP contribution in [0.4, 0.5) is 11.4 Å². The van der Waals surface area contributed by atoms with Crippen molar-refractivity contribution in [3.05, 3.63) is 132 Å². The Morgan fingerprint density at radius 1 is 0.545 bits per heavy atom. The summed E-state index contributed by atoms with van der Waals surface area (Å²) in [7, 11) is 0. The number of benzene rings is 4. The second-order valence-electron chi connectivity index (χ2n) is 18.6. The third kappa shape index (κ3) is 9.66. The molecule has 4 N–H and O–H groups in total. The number of H-pyrrole nitrogens is 2. The van der Waals surface area contributed by atoms with Crippen molar-refractivity contribution in [3.8, 4) is 0 Å². The summed E-state index contributed by atoms with van der Waals surface area (Å²) >= 11 is 0. The monoisotopic (exact) mass is 890 g/mol. The zero-order valence-electron chi connectivity index (χ0n) is 37.3. The van der Waals surface area contributed by atoms with Crippen LogP contribution in [0.25, 0.3) is 21.8 Å². The van der Waals surface area contributed by atoms with E-state index in [-0.39, 0.29) is 24.9 Å². The molecule has 0 spiro atoms. The zero-order chi connectivity index (χ0) is 45.0. The lowest BCUT2D eigenvalue weighted by Gasteiger charge is -2.33. The number of aromatic nitrogens is 2. The maximum Gasteiger partial charge on any atom is 0.443 e. The lowest BCUT2D eigenvalue weighted by molar-refractivity contribution is -0.179. The number of aromatic amines is 2. The number of nitrogens with one attached hydrogen (secondary N) is 4. The molecule has 6 heterocycles. The van der Waals surface area contributed by atoms with E-state index in [0.29, 0.717) is 24.9 Å². The van der Waals surface area contributed by atoms with Gasteiger partial charge in [-0.25, -0.2) is 9.59 Å². The van der Waals surface area contributed by atoms with Crippen LogP contribution >= 0.6 is 0 Å². The molecule has 2 atom stereocenters. The number of likely N-dealkylation sites (tertiary alicyclic amines) is 2. The molecule has 0 aliphatic carbocycles. The van der Waals surface area contributed by atoms with Gasteiger partial charge in [0, 0.05) is 59.7 Å². The number of nitrogens with zero attached hydrogens (tertiary/aromatic N) is 4. The maximum absolute atomic E-state index is 13.0. The number of piperidine rings is 2. The van der Waals surface area contributed by atoms with Gasteiger partial charge in [-0.2, -0.15) is 11.0 Å². The standard InChI is InChI=1S/C52H58N8O6/c61-49(33-59-31-41(43-5-1-3-7-47(43)59)19-27-57-23-15-35(16-24-57)37-9-11-45-39(29-37)13-21-53-45)55-65-51(63)52(64)66-56-50(62)34-60-32-42(44-6-2-4-8-48(44)60)20-28-58-25-17-36(18-26-58)38-10-12-46-40(30-38)14-22-54-46/h1-14,21-22,29-30,35-36,41-42,53-54H,15-20,23-28,31-34H2,(H,55,61)(H,56,62)/t41-,42-/m1/s1. The Balaban J connectivity index is 0.630. The second-order valence-corrected chi connectivity index (χ2v) is 18.6. The summed E-state index contributed by atoms with van der Waals surface area (Å²) in [6.45, 7) is 7.32. The summed E-state index contributed by atoms with van der Waals surface area (Å²) in [5.74, 6) is -2.46. The summed E-state index contributed by atoms with van der Waals surface area (Å²) in [5, 5.41) is 2.53. The lowest BCUT2D eigenvalue weighted by atomic mass is 9.88. The highest BCUT2D eigenvalue weighted by atomic mass is 16.7. The van der Waals surface area contributed by atoms with E-state index in [1.165, 1.54) is 44.1 Å². The molecule has 0 radical (unpaired) electrons. The van der Waals surface area contributed by atoms with Crippen LogP contribution in [0.15, 0.2) is 109 Å². The van der Waals surface area contributed by atoms with Gasteiger partial charge < -0.3 is 39.2 Å². The predicted octanol–water partition coefficient (Wildman–Crippen LogP) is 6.84. The van der Waals surface area contributed by atoms with Gasteiger partial charge in [0.15, 0.2) is 0 Å². The average molecular weight is 891 g/mol. The van der Waals surface area contributed by atoms with Crippen molar-refractivity contribution in [2.75, 3.05) is 75.2 Å². The van der Waals surface area contributed by atoms with E-state index in [4.69, 9.17) is 9.68 Å². The van der Waals surface area contributed by atoms with Crippen LogP contribution in [0.3, 0.4) is 0 Å². The predicted molar refractivity (Wildman–Crippen MR) is 254 cm³/mol. The Kier molecular flexibility index (Phi) is 12.7. The fraction of sp³-hybridized carbons (Fsp3) is 0.385. The molecule has 2 fully saturated rings. The number of carbonyl (C=O) groups is 4. The molecule has 4 aliphatic rings. The molecule has 6 aromatic rings. The summed E-state index contributed by atoms with van der Waals surface area (Å²) < 4.78 is 0.